The molecule has 1 aromatic rings. The first kappa shape index (κ1) is 13.8. The van der Waals surface area contributed by atoms with Crippen molar-refractivity contribution >= 4 is 11.6 Å². The van der Waals surface area contributed by atoms with Crippen molar-refractivity contribution in [2.75, 3.05) is 32.9 Å². The standard InChI is InChI=1S/C14H19ClFNO/c15-13-3-1-11(2-4-13)14-5-7-17(8-6-16)9-12(14)10-18/h1-4,12,14,18H,5-10H2/t12-,14?/m0/s1. The summed E-state index contributed by atoms with van der Waals surface area (Å²) in [7, 11) is 0. The Morgan fingerprint density at radius 2 is 2.06 bits per heavy atom. The molecule has 1 N–H and O–H groups in total. The van der Waals surface area contributed by atoms with E-state index in [9.17, 15) is 9.50 Å². The number of hydrogen-bond donors (Lipinski definition) is 1. The maximum absolute atomic E-state index is 12.4. The van der Waals surface area contributed by atoms with Crippen LogP contribution in [-0.4, -0.2) is 42.9 Å². The molecular weight excluding hydrogens is 253 g/mol. The Bertz CT molecular complexity index is 371. The number of likely N-dealkylation sites (tertiary alicyclic amines) is 1. The van der Waals surface area contributed by atoms with E-state index in [0.29, 0.717) is 12.5 Å². The molecule has 1 heterocycles. The molecule has 0 amide bonds. The van der Waals surface area contributed by atoms with Gasteiger partial charge >= 0.3 is 0 Å². The highest BCUT2D eigenvalue weighted by atomic mass is 35.5. The summed E-state index contributed by atoms with van der Waals surface area (Å²) in [5.74, 6) is 0.537. The molecule has 1 aliphatic rings. The summed E-state index contributed by atoms with van der Waals surface area (Å²) in [4.78, 5) is 2.09. The topological polar surface area (TPSA) is 23.5 Å². The lowest BCUT2D eigenvalue weighted by Gasteiger charge is -2.37. The highest BCUT2D eigenvalue weighted by Gasteiger charge is 2.29. The number of aliphatic hydroxyl groups is 1. The van der Waals surface area contributed by atoms with Crippen LogP contribution in [0.5, 0.6) is 0 Å². The molecule has 0 radical (unpaired) electrons. The molecule has 0 saturated carbocycles. The maximum Gasteiger partial charge on any atom is 0.102 e. The Morgan fingerprint density at radius 1 is 1.33 bits per heavy atom. The van der Waals surface area contributed by atoms with Crippen LogP contribution in [0.15, 0.2) is 24.3 Å². The van der Waals surface area contributed by atoms with E-state index >= 15 is 0 Å². The summed E-state index contributed by atoms with van der Waals surface area (Å²) < 4.78 is 12.4. The Morgan fingerprint density at radius 3 is 2.67 bits per heavy atom. The third-order valence-corrected chi connectivity index (χ3v) is 4.00. The second kappa shape index (κ2) is 6.50. The molecular formula is C14H19ClFNO. The van der Waals surface area contributed by atoms with Gasteiger partial charge in [-0.1, -0.05) is 23.7 Å². The second-order valence-corrected chi connectivity index (χ2v) is 5.32. The van der Waals surface area contributed by atoms with E-state index in [1.54, 1.807) is 0 Å². The number of hydrogen-bond acceptors (Lipinski definition) is 2. The van der Waals surface area contributed by atoms with Crippen molar-refractivity contribution in [3.63, 3.8) is 0 Å². The quantitative estimate of drug-likeness (QED) is 0.910. The van der Waals surface area contributed by atoms with Gasteiger partial charge in [-0.05, 0) is 36.6 Å². The van der Waals surface area contributed by atoms with Gasteiger partial charge in [0.15, 0.2) is 0 Å². The molecule has 100 valence electrons. The third kappa shape index (κ3) is 3.22. The van der Waals surface area contributed by atoms with Crippen LogP contribution in [0.4, 0.5) is 4.39 Å². The normalized spacial score (nSPS) is 25.3. The molecule has 0 spiro atoms. The zero-order valence-corrected chi connectivity index (χ0v) is 11.1. The van der Waals surface area contributed by atoms with Crippen LogP contribution in [0, 0.1) is 5.92 Å². The summed E-state index contributed by atoms with van der Waals surface area (Å²) in [6, 6.07) is 7.83. The van der Waals surface area contributed by atoms with E-state index in [0.717, 1.165) is 24.5 Å². The fourth-order valence-corrected chi connectivity index (χ4v) is 2.89. The average Bonchev–Trinajstić information content (AvgIpc) is 2.40. The lowest BCUT2D eigenvalue weighted by atomic mass is 9.81. The van der Waals surface area contributed by atoms with Gasteiger partial charge < -0.3 is 10.0 Å². The van der Waals surface area contributed by atoms with Crippen LogP contribution in [0.3, 0.4) is 0 Å². The minimum absolute atomic E-state index is 0.149. The molecule has 1 unspecified atom stereocenters. The fourth-order valence-electron chi connectivity index (χ4n) is 2.76. The van der Waals surface area contributed by atoms with Crippen molar-refractivity contribution in [2.24, 2.45) is 5.92 Å². The first-order valence-corrected chi connectivity index (χ1v) is 6.77. The summed E-state index contributed by atoms with van der Waals surface area (Å²) in [6.07, 6.45) is 0.965. The number of benzene rings is 1. The van der Waals surface area contributed by atoms with Gasteiger partial charge in [0.25, 0.3) is 0 Å². The predicted octanol–water partition coefficient (Wildman–Crippen LogP) is 2.71. The van der Waals surface area contributed by atoms with Crippen LogP contribution in [-0.2, 0) is 0 Å². The van der Waals surface area contributed by atoms with Crippen molar-refractivity contribution in [2.45, 2.75) is 12.3 Å². The molecule has 0 bridgehead atoms. The van der Waals surface area contributed by atoms with Crippen LogP contribution in [0.2, 0.25) is 5.02 Å². The monoisotopic (exact) mass is 271 g/mol. The molecule has 4 heteroatoms. The number of piperidine rings is 1. The van der Waals surface area contributed by atoms with Gasteiger partial charge in [0.2, 0.25) is 0 Å². The van der Waals surface area contributed by atoms with Gasteiger partial charge in [-0.3, -0.25) is 0 Å². The van der Waals surface area contributed by atoms with Crippen molar-refractivity contribution in [3.8, 4) is 0 Å². The largest absolute Gasteiger partial charge is 0.396 e. The lowest BCUT2D eigenvalue weighted by molar-refractivity contribution is 0.0973. The van der Waals surface area contributed by atoms with Gasteiger partial charge in [0.1, 0.15) is 6.67 Å². The minimum atomic E-state index is -0.316. The number of rotatable bonds is 4. The van der Waals surface area contributed by atoms with E-state index in [-0.39, 0.29) is 19.2 Å². The highest BCUT2D eigenvalue weighted by Crippen LogP contribution is 2.33. The first-order chi connectivity index (χ1) is 8.74. The smallest absolute Gasteiger partial charge is 0.102 e. The summed E-state index contributed by atoms with van der Waals surface area (Å²) in [6.45, 7) is 1.98. The molecule has 2 atom stereocenters. The van der Waals surface area contributed by atoms with Gasteiger partial charge in [-0.2, -0.15) is 0 Å². The van der Waals surface area contributed by atoms with Gasteiger partial charge in [0, 0.05) is 30.6 Å². The predicted molar refractivity (Wildman–Crippen MR) is 71.8 cm³/mol. The molecule has 0 aromatic heterocycles. The van der Waals surface area contributed by atoms with Crippen LogP contribution in [0.25, 0.3) is 0 Å². The van der Waals surface area contributed by atoms with E-state index in [1.165, 1.54) is 5.56 Å². The molecule has 2 rings (SSSR count). The lowest BCUT2D eigenvalue weighted by Crippen LogP contribution is -2.41. The average molecular weight is 272 g/mol. The Kier molecular flexibility index (Phi) is 4.98. The summed E-state index contributed by atoms with van der Waals surface area (Å²) in [5, 5.41) is 10.2. The molecule has 1 aromatic carbocycles. The van der Waals surface area contributed by atoms with Crippen molar-refractivity contribution in [3.05, 3.63) is 34.9 Å². The molecule has 2 nitrogen and oxygen atoms in total. The SMILES string of the molecule is OC[C@@H]1CN(CCF)CCC1c1ccc(Cl)cc1. The third-order valence-electron chi connectivity index (χ3n) is 3.75. The maximum atomic E-state index is 12.4. The van der Waals surface area contributed by atoms with E-state index in [2.05, 4.69) is 4.90 Å². The van der Waals surface area contributed by atoms with E-state index in [4.69, 9.17) is 11.6 Å². The number of aliphatic hydroxyl groups excluding tert-OH is 1. The van der Waals surface area contributed by atoms with Crippen LogP contribution < -0.4 is 0 Å². The Hall–Kier alpha value is -0.640. The van der Waals surface area contributed by atoms with Gasteiger partial charge in [-0.15, -0.1) is 0 Å². The van der Waals surface area contributed by atoms with Crippen LogP contribution in [0.1, 0.15) is 17.9 Å². The summed E-state index contributed by atoms with van der Waals surface area (Å²) in [5.41, 5.74) is 1.22. The Balaban J connectivity index is 2.06. The van der Waals surface area contributed by atoms with E-state index in [1.807, 2.05) is 24.3 Å². The van der Waals surface area contributed by atoms with E-state index < -0.39 is 0 Å². The van der Waals surface area contributed by atoms with Crippen molar-refractivity contribution < 1.29 is 9.50 Å². The minimum Gasteiger partial charge on any atom is -0.396 e. The summed E-state index contributed by atoms with van der Waals surface area (Å²) >= 11 is 5.89. The number of alkyl halides is 1. The zero-order valence-electron chi connectivity index (χ0n) is 10.4. The molecule has 18 heavy (non-hydrogen) atoms. The highest BCUT2D eigenvalue weighted by molar-refractivity contribution is 6.30. The number of halogens is 2. The first-order valence-electron chi connectivity index (χ1n) is 6.39. The second-order valence-electron chi connectivity index (χ2n) is 4.88. The van der Waals surface area contributed by atoms with Crippen molar-refractivity contribution in [1.82, 2.24) is 4.90 Å². The molecule has 1 saturated heterocycles. The van der Waals surface area contributed by atoms with Crippen molar-refractivity contribution in [1.29, 1.82) is 0 Å². The van der Waals surface area contributed by atoms with Gasteiger partial charge in [-0.25, -0.2) is 4.39 Å². The molecule has 0 aliphatic carbocycles. The zero-order chi connectivity index (χ0) is 13.0. The molecule has 1 aliphatic heterocycles. The number of nitrogens with zero attached hydrogens (tertiary/aromatic N) is 1. The fraction of sp³-hybridized carbons (Fsp3) is 0.571. The Labute approximate surface area is 112 Å². The molecule has 1 fully saturated rings. The van der Waals surface area contributed by atoms with Crippen LogP contribution >= 0.6 is 11.6 Å². The van der Waals surface area contributed by atoms with Gasteiger partial charge in [0.05, 0.1) is 0 Å².